The van der Waals surface area contributed by atoms with Crippen molar-refractivity contribution in [2.24, 2.45) is 0 Å². The zero-order valence-electron chi connectivity index (χ0n) is 6.21. The lowest BCUT2D eigenvalue weighted by Gasteiger charge is -1.93. The number of hydrogen-bond acceptors (Lipinski definition) is 1. The molecule has 0 aromatic heterocycles. The maximum Gasteiger partial charge on any atom is 0.118 e. The lowest BCUT2D eigenvalue weighted by molar-refractivity contribution is 0.415. The molecule has 0 aliphatic carbocycles. The Morgan fingerprint density at radius 3 is 1.82 bits per heavy atom. The van der Waals surface area contributed by atoms with Gasteiger partial charge in [-0.05, 0) is 12.1 Å². The minimum atomic E-state index is 0. The van der Waals surface area contributed by atoms with E-state index < -0.39 is 0 Å². The molecule has 1 heteroatoms. The molecule has 0 radical (unpaired) electrons. The first-order valence-corrected chi connectivity index (χ1v) is 3.02. The van der Waals surface area contributed by atoms with Crippen LogP contribution < -0.4 is 4.74 Å². The van der Waals surface area contributed by atoms with Crippen molar-refractivity contribution in [2.45, 2.75) is 7.43 Å². The van der Waals surface area contributed by atoms with E-state index >= 15 is 0 Å². The molecule has 0 saturated carbocycles. The molecule has 1 rings (SSSR count). The number of methoxy groups -OCH3 is 1. The topological polar surface area (TPSA) is 9.23 Å². The molecule has 0 aliphatic heterocycles. The molecule has 0 saturated heterocycles. The number of para-hydroxylation sites is 1. The van der Waals surface area contributed by atoms with E-state index in [1.165, 1.54) is 0 Å². The summed E-state index contributed by atoms with van der Waals surface area (Å²) in [5.41, 5.74) is 0. The van der Waals surface area contributed by atoms with Gasteiger partial charge in [-0.25, -0.2) is 0 Å². The number of ether oxygens (including phenoxy) is 1. The number of hydrogen-bond donors (Lipinski definition) is 0. The highest BCUT2D eigenvalue weighted by Gasteiger charge is 1.80. The first-order chi connectivity index (χ1) is 4.93. The predicted molar refractivity (Wildman–Crippen MR) is 51.0 cm³/mol. The molecule has 0 spiro atoms. The third-order valence-corrected chi connectivity index (χ3v) is 0.979. The summed E-state index contributed by atoms with van der Waals surface area (Å²) in [7, 11) is 1.66. The van der Waals surface area contributed by atoms with E-state index in [4.69, 9.17) is 4.74 Å². The molecule has 0 bridgehead atoms. The van der Waals surface area contributed by atoms with Crippen molar-refractivity contribution in [1.82, 2.24) is 0 Å². The third kappa shape index (κ3) is 5.22. The highest BCUT2D eigenvalue weighted by molar-refractivity contribution is 5.20. The second-order valence-electron chi connectivity index (χ2n) is 1.52. The summed E-state index contributed by atoms with van der Waals surface area (Å²) in [5.74, 6) is 0.910. The maximum absolute atomic E-state index is 4.91. The van der Waals surface area contributed by atoms with Crippen LogP contribution in [-0.2, 0) is 0 Å². The van der Waals surface area contributed by atoms with E-state index in [1.54, 1.807) is 7.11 Å². The fourth-order valence-electron chi connectivity index (χ4n) is 0.557. The van der Waals surface area contributed by atoms with Crippen molar-refractivity contribution in [3.8, 4) is 5.75 Å². The summed E-state index contributed by atoms with van der Waals surface area (Å²) in [4.78, 5) is 0. The molecule has 62 valence electrons. The normalized spacial score (nSPS) is 6.64. The standard InChI is InChI=1S/C7H8O.C2H4.CH4/c1-8-7-5-3-2-4-6-7;1-2;/h2-6H,1H3;1-2H2;1H4. The second-order valence-corrected chi connectivity index (χ2v) is 1.52. The van der Waals surface area contributed by atoms with Gasteiger partial charge in [0, 0.05) is 0 Å². The average molecular weight is 152 g/mol. The molecule has 0 fully saturated rings. The molecule has 0 N–H and O–H groups in total. The van der Waals surface area contributed by atoms with Gasteiger partial charge < -0.3 is 4.74 Å². The van der Waals surface area contributed by atoms with Crippen molar-refractivity contribution in [2.75, 3.05) is 7.11 Å². The van der Waals surface area contributed by atoms with E-state index in [9.17, 15) is 0 Å². The van der Waals surface area contributed by atoms with Crippen LogP contribution in [0.3, 0.4) is 0 Å². The summed E-state index contributed by atoms with van der Waals surface area (Å²) >= 11 is 0. The summed E-state index contributed by atoms with van der Waals surface area (Å²) in [5, 5.41) is 0. The van der Waals surface area contributed by atoms with Crippen LogP contribution >= 0.6 is 0 Å². The highest BCUT2D eigenvalue weighted by Crippen LogP contribution is 2.05. The molecule has 0 heterocycles. The smallest absolute Gasteiger partial charge is 0.118 e. The van der Waals surface area contributed by atoms with Crippen LogP contribution in [-0.4, -0.2) is 7.11 Å². The Morgan fingerprint density at radius 2 is 1.55 bits per heavy atom. The van der Waals surface area contributed by atoms with Crippen LogP contribution in [0.25, 0.3) is 0 Å². The van der Waals surface area contributed by atoms with E-state index in [-0.39, 0.29) is 7.43 Å². The summed E-state index contributed by atoms with van der Waals surface area (Å²) < 4.78 is 4.91. The van der Waals surface area contributed by atoms with Crippen LogP contribution in [0.15, 0.2) is 43.5 Å². The van der Waals surface area contributed by atoms with Gasteiger partial charge in [0.25, 0.3) is 0 Å². The Kier molecular flexibility index (Phi) is 9.90. The zero-order chi connectivity index (χ0) is 7.82. The monoisotopic (exact) mass is 152 g/mol. The fourth-order valence-corrected chi connectivity index (χ4v) is 0.557. The maximum atomic E-state index is 4.91. The third-order valence-electron chi connectivity index (χ3n) is 0.979. The first-order valence-electron chi connectivity index (χ1n) is 3.02. The lowest BCUT2D eigenvalue weighted by Crippen LogP contribution is -1.78. The van der Waals surface area contributed by atoms with E-state index in [0.717, 1.165) is 5.75 Å². The largest absolute Gasteiger partial charge is 0.497 e. The van der Waals surface area contributed by atoms with E-state index in [2.05, 4.69) is 13.2 Å². The Hall–Kier alpha value is -1.24. The Balaban J connectivity index is 0. The van der Waals surface area contributed by atoms with Gasteiger partial charge in [-0.3, -0.25) is 0 Å². The Bertz CT molecular complexity index is 158. The van der Waals surface area contributed by atoms with Crippen LogP contribution in [0.1, 0.15) is 7.43 Å². The van der Waals surface area contributed by atoms with Gasteiger partial charge in [0.1, 0.15) is 5.75 Å². The first kappa shape index (κ1) is 12.4. The average Bonchev–Trinajstić information content (AvgIpc) is 2.10. The van der Waals surface area contributed by atoms with Crippen molar-refractivity contribution >= 4 is 0 Å². The summed E-state index contributed by atoms with van der Waals surface area (Å²) in [6, 6.07) is 9.68. The molecule has 1 aromatic carbocycles. The lowest BCUT2D eigenvalue weighted by atomic mass is 10.3. The predicted octanol–water partition coefficient (Wildman–Crippen LogP) is 3.13. The van der Waals surface area contributed by atoms with Crippen molar-refractivity contribution in [3.63, 3.8) is 0 Å². The molecular formula is C10H16O. The molecule has 0 amide bonds. The molecule has 11 heavy (non-hydrogen) atoms. The molecule has 1 nitrogen and oxygen atoms in total. The number of rotatable bonds is 1. The van der Waals surface area contributed by atoms with E-state index in [1.807, 2.05) is 30.3 Å². The van der Waals surface area contributed by atoms with Crippen LogP contribution in [0, 0.1) is 0 Å². The van der Waals surface area contributed by atoms with Crippen molar-refractivity contribution in [3.05, 3.63) is 43.5 Å². The summed E-state index contributed by atoms with van der Waals surface area (Å²) in [6.07, 6.45) is 0. The fraction of sp³-hybridized carbons (Fsp3) is 0.200. The van der Waals surface area contributed by atoms with Gasteiger partial charge in [0.15, 0.2) is 0 Å². The number of benzene rings is 1. The SMILES string of the molecule is C.C=C.COc1ccccc1. The minimum Gasteiger partial charge on any atom is -0.497 e. The highest BCUT2D eigenvalue weighted by atomic mass is 16.5. The van der Waals surface area contributed by atoms with E-state index in [0.29, 0.717) is 0 Å². The molecule has 0 unspecified atom stereocenters. The van der Waals surface area contributed by atoms with Crippen LogP contribution in [0.2, 0.25) is 0 Å². The van der Waals surface area contributed by atoms with Crippen molar-refractivity contribution in [1.29, 1.82) is 0 Å². The molecular weight excluding hydrogens is 136 g/mol. The van der Waals surface area contributed by atoms with Gasteiger partial charge in [-0.1, -0.05) is 25.6 Å². The van der Waals surface area contributed by atoms with Crippen LogP contribution in [0.4, 0.5) is 0 Å². The van der Waals surface area contributed by atoms with Crippen LogP contribution in [0.5, 0.6) is 5.75 Å². The Labute approximate surface area is 69.3 Å². The van der Waals surface area contributed by atoms with Gasteiger partial charge in [-0.2, -0.15) is 0 Å². The van der Waals surface area contributed by atoms with Gasteiger partial charge in [0.05, 0.1) is 7.11 Å². The molecule has 0 atom stereocenters. The Morgan fingerprint density at radius 1 is 1.09 bits per heavy atom. The summed E-state index contributed by atoms with van der Waals surface area (Å²) in [6.45, 7) is 6.00. The van der Waals surface area contributed by atoms with Crippen molar-refractivity contribution < 1.29 is 4.74 Å². The zero-order valence-corrected chi connectivity index (χ0v) is 6.21. The second kappa shape index (κ2) is 8.76. The molecule has 0 aliphatic rings. The minimum absolute atomic E-state index is 0. The van der Waals surface area contributed by atoms with Gasteiger partial charge >= 0.3 is 0 Å². The molecule has 1 aromatic rings. The quantitative estimate of drug-likeness (QED) is 0.562. The van der Waals surface area contributed by atoms with Gasteiger partial charge in [0.2, 0.25) is 0 Å². The van der Waals surface area contributed by atoms with Gasteiger partial charge in [-0.15, -0.1) is 13.2 Å².